The van der Waals surface area contributed by atoms with Crippen LogP contribution in [0.1, 0.15) is 17.3 Å². The molecule has 2 amide bonds. The van der Waals surface area contributed by atoms with Crippen LogP contribution in [0.2, 0.25) is 0 Å². The second-order valence-corrected chi connectivity index (χ2v) is 4.37. The molecule has 2 heterocycles. The van der Waals surface area contributed by atoms with Crippen molar-refractivity contribution < 1.29 is 19.4 Å². The van der Waals surface area contributed by atoms with Gasteiger partial charge in [-0.1, -0.05) is 0 Å². The van der Waals surface area contributed by atoms with E-state index in [9.17, 15) is 14.7 Å². The summed E-state index contributed by atoms with van der Waals surface area (Å²) in [7, 11) is 0. The van der Waals surface area contributed by atoms with E-state index in [4.69, 9.17) is 4.74 Å². The quantitative estimate of drug-likeness (QED) is 0.861. The molecule has 1 aliphatic rings. The summed E-state index contributed by atoms with van der Waals surface area (Å²) in [5, 5.41) is 9.63. The first kappa shape index (κ1) is 14.1. The third-order valence-corrected chi connectivity index (χ3v) is 3.12. The first-order valence-electron chi connectivity index (χ1n) is 6.47. The van der Waals surface area contributed by atoms with E-state index < -0.39 is 0 Å². The lowest BCUT2D eigenvalue weighted by Crippen LogP contribution is -2.50. The predicted octanol–water partition coefficient (Wildman–Crippen LogP) is 0.702. The first-order valence-corrected chi connectivity index (χ1v) is 6.47. The van der Waals surface area contributed by atoms with Gasteiger partial charge >= 0.3 is 6.09 Å². The number of carbonyl (C=O) groups excluding carboxylic acids is 2. The third kappa shape index (κ3) is 2.98. The minimum Gasteiger partial charge on any atom is -0.505 e. The Morgan fingerprint density at radius 1 is 1.30 bits per heavy atom. The van der Waals surface area contributed by atoms with Crippen LogP contribution in [0, 0.1) is 0 Å². The number of ether oxygens (including phenoxy) is 1. The number of hydrogen-bond acceptors (Lipinski definition) is 5. The summed E-state index contributed by atoms with van der Waals surface area (Å²) >= 11 is 0. The number of aromatic hydroxyl groups is 1. The van der Waals surface area contributed by atoms with Crippen molar-refractivity contribution >= 4 is 12.0 Å². The van der Waals surface area contributed by atoms with Crippen molar-refractivity contribution in [1.29, 1.82) is 0 Å². The normalized spacial score (nSPS) is 15.1. The molecule has 1 aromatic heterocycles. The summed E-state index contributed by atoms with van der Waals surface area (Å²) in [6, 6.07) is 1.48. The number of rotatable bonds is 2. The fourth-order valence-corrected chi connectivity index (χ4v) is 2.04. The standard InChI is InChI=1S/C13H17N3O4/c1-2-20-13(19)16-7-5-15(6-8-16)12(18)10-3-4-14-9-11(10)17/h3-4,9,17H,2,5-8H2,1H3. The molecule has 1 aliphatic heterocycles. The Balaban J connectivity index is 1.96. The SMILES string of the molecule is CCOC(=O)N1CCN(C(=O)c2ccncc2O)CC1. The van der Waals surface area contributed by atoms with Gasteiger partial charge in [0.05, 0.1) is 18.4 Å². The maximum Gasteiger partial charge on any atom is 0.409 e. The number of nitrogens with zero attached hydrogens (tertiary/aromatic N) is 3. The van der Waals surface area contributed by atoms with Crippen molar-refractivity contribution in [3.05, 3.63) is 24.0 Å². The molecule has 7 heteroatoms. The van der Waals surface area contributed by atoms with Crippen molar-refractivity contribution in [2.24, 2.45) is 0 Å². The zero-order chi connectivity index (χ0) is 14.5. The van der Waals surface area contributed by atoms with Crippen LogP contribution in [0.15, 0.2) is 18.5 Å². The van der Waals surface area contributed by atoms with E-state index in [1.54, 1.807) is 16.7 Å². The average molecular weight is 279 g/mol. The summed E-state index contributed by atoms with van der Waals surface area (Å²) in [5.41, 5.74) is 0.226. The lowest BCUT2D eigenvalue weighted by Gasteiger charge is -2.34. The number of piperazine rings is 1. The molecule has 108 valence electrons. The van der Waals surface area contributed by atoms with Gasteiger partial charge in [-0.05, 0) is 13.0 Å². The van der Waals surface area contributed by atoms with Crippen molar-refractivity contribution in [2.75, 3.05) is 32.8 Å². The highest BCUT2D eigenvalue weighted by atomic mass is 16.6. The topological polar surface area (TPSA) is 83.0 Å². The maximum atomic E-state index is 12.2. The zero-order valence-corrected chi connectivity index (χ0v) is 11.3. The predicted molar refractivity (Wildman–Crippen MR) is 70.4 cm³/mol. The van der Waals surface area contributed by atoms with Crippen LogP contribution in [0.25, 0.3) is 0 Å². The van der Waals surface area contributed by atoms with Crippen molar-refractivity contribution in [3.8, 4) is 5.75 Å². The first-order chi connectivity index (χ1) is 9.63. The Labute approximate surface area is 116 Å². The largest absolute Gasteiger partial charge is 0.505 e. The number of hydrogen-bond donors (Lipinski definition) is 1. The molecule has 2 rings (SSSR count). The van der Waals surface area contributed by atoms with Gasteiger partial charge in [0, 0.05) is 32.4 Å². The van der Waals surface area contributed by atoms with Gasteiger partial charge in [-0.2, -0.15) is 0 Å². The Kier molecular flexibility index (Phi) is 4.39. The van der Waals surface area contributed by atoms with E-state index in [-0.39, 0.29) is 23.3 Å². The molecule has 1 saturated heterocycles. The van der Waals surface area contributed by atoms with E-state index >= 15 is 0 Å². The molecule has 7 nitrogen and oxygen atoms in total. The summed E-state index contributed by atoms with van der Waals surface area (Å²) in [6.07, 6.45) is 2.34. The van der Waals surface area contributed by atoms with Gasteiger partial charge in [0.1, 0.15) is 5.75 Å². The fourth-order valence-electron chi connectivity index (χ4n) is 2.04. The minimum absolute atomic E-state index is 0.134. The molecule has 0 bridgehead atoms. The van der Waals surface area contributed by atoms with Gasteiger partial charge in [0.25, 0.3) is 5.91 Å². The van der Waals surface area contributed by atoms with E-state index in [1.165, 1.54) is 18.5 Å². The smallest absolute Gasteiger partial charge is 0.409 e. The summed E-state index contributed by atoms with van der Waals surface area (Å²) in [6.45, 7) is 3.78. The number of carbonyl (C=O) groups is 2. The van der Waals surface area contributed by atoms with Gasteiger partial charge in [0.2, 0.25) is 0 Å². The van der Waals surface area contributed by atoms with E-state index in [2.05, 4.69) is 4.98 Å². The van der Waals surface area contributed by atoms with Gasteiger partial charge < -0.3 is 19.6 Å². The third-order valence-electron chi connectivity index (χ3n) is 3.12. The molecule has 1 N–H and O–H groups in total. The van der Waals surface area contributed by atoms with E-state index in [1.807, 2.05) is 0 Å². The molecule has 1 fully saturated rings. The van der Waals surface area contributed by atoms with Crippen LogP contribution in [-0.4, -0.2) is 64.7 Å². The minimum atomic E-state index is -0.355. The average Bonchev–Trinajstić information content (AvgIpc) is 2.47. The molecule has 0 aliphatic carbocycles. The highest BCUT2D eigenvalue weighted by Crippen LogP contribution is 2.17. The van der Waals surface area contributed by atoms with Crippen molar-refractivity contribution in [2.45, 2.75) is 6.92 Å². The molecule has 0 radical (unpaired) electrons. The van der Waals surface area contributed by atoms with Crippen LogP contribution >= 0.6 is 0 Å². The van der Waals surface area contributed by atoms with Crippen LogP contribution in [-0.2, 0) is 4.74 Å². The van der Waals surface area contributed by atoms with Gasteiger partial charge in [-0.25, -0.2) is 4.79 Å². The van der Waals surface area contributed by atoms with E-state index in [0.29, 0.717) is 32.8 Å². The monoisotopic (exact) mass is 279 g/mol. The fraction of sp³-hybridized carbons (Fsp3) is 0.462. The molecular formula is C13H17N3O4. The highest BCUT2D eigenvalue weighted by molar-refractivity contribution is 5.96. The van der Waals surface area contributed by atoms with E-state index in [0.717, 1.165) is 0 Å². The Hall–Kier alpha value is -2.31. The molecule has 0 aromatic carbocycles. The second kappa shape index (κ2) is 6.23. The highest BCUT2D eigenvalue weighted by Gasteiger charge is 2.26. The molecular weight excluding hydrogens is 262 g/mol. The van der Waals surface area contributed by atoms with Gasteiger partial charge in [-0.3, -0.25) is 9.78 Å². The molecule has 0 unspecified atom stereocenters. The molecule has 1 aromatic rings. The van der Waals surface area contributed by atoms with Gasteiger partial charge in [-0.15, -0.1) is 0 Å². The van der Waals surface area contributed by atoms with Crippen LogP contribution in [0.4, 0.5) is 4.79 Å². The molecule has 20 heavy (non-hydrogen) atoms. The number of amides is 2. The number of pyridine rings is 1. The molecule has 0 saturated carbocycles. The van der Waals surface area contributed by atoms with Crippen molar-refractivity contribution in [3.63, 3.8) is 0 Å². The summed E-state index contributed by atoms with van der Waals surface area (Å²) in [4.78, 5) is 30.7. The lowest BCUT2D eigenvalue weighted by atomic mass is 10.2. The lowest BCUT2D eigenvalue weighted by molar-refractivity contribution is 0.0568. The van der Waals surface area contributed by atoms with Gasteiger partial charge in [0.15, 0.2) is 0 Å². The van der Waals surface area contributed by atoms with Crippen LogP contribution in [0.3, 0.4) is 0 Å². The summed E-state index contributed by atoms with van der Waals surface area (Å²) in [5.74, 6) is -0.390. The van der Waals surface area contributed by atoms with Crippen LogP contribution in [0.5, 0.6) is 5.75 Å². The second-order valence-electron chi connectivity index (χ2n) is 4.37. The van der Waals surface area contributed by atoms with Crippen LogP contribution < -0.4 is 0 Å². The molecule has 0 atom stereocenters. The number of aromatic nitrogens is 1. The maximum absolute atomic E-state index is 12.2. The molecule has 0 spiro atoms. The van der Waals surface area contributed by atoms with Crippen molar-refractivity contribution in [1.82, 2.24) is 14.8 Å². The Morgan fingerprint density at radius 2 is 1.95 bits per heavy atom. The zero-order valence-electron chi connectivity index (χ0n) is 11.3. The summed E-state index contributed by atoms with van der Waals surface area (Å²) < 4.78 is 4.92. The Bertz CT molecular complexity index is 498. The Morgan fingerprint density at radius 3 is 2.55 bits per heavy atom.